The summed E-state index contributed by atoms with van der Waals surface area (Å²) in [6.45, 7) is 5.88. The molecule has 5 heteroatoms. The molecule has 1 N–H and O–H groups in total. The molecule has 1 aromatic carbocycles. The highest BCUT2D eigenvalue weighted by molar-refractivity contribution is 9.10. The molecule has 1 aliphatic rings. The van der Waals surface area contributed by atoms with Gasteiger partial charge in [0.15, 0.2) is 0 Å². The van der Waals surface area contributed by atoms with Crippen LogP contribution in [0, 0.1) is 5.92 Å². The van der Waals surface area contributed by atoms with E-state index in [-0.39, 0.29) is 5.91 Å². The minimum Gasteiger partial charge on any atom is -0.339 e. The SMILES string of the molecule is CCNCC1CCN(C(=O)c2ccc(Cl)c(Br)c2)CC1. The Bertz CT molecular complexity index is 473. The molecule has 110 valence electrons. The summed E-state index contributed by atoms with van der Waals surface area (Å²) in [6, 6.07) is 5.35. The average molecular weight is 360 g/mol. The van der Waals surface area contributed by atoms with E-state index in [1.54, 1.807) is 18.2 Å². The van der Waals surface area contributed by atoms with E-state index in [1.807, 2.05) is 4.90 Å². The van der Waals surface area contributed by atoms with Crippen LogP contribution in [0.3, 0.4) is 0 Å². The summed E-state index contributed by atoms with van der Waals surface area (Å²) >= 11 is 9.33. The molecule has 1 heterocycles. The maximum Gasteiger partial charge on any atom is 0.253 e. The summed E-state index contributed by atoms with van der Waals surface area (Å²) in [4.78, 5) is 14.4. The fourth-order valence-corrected chi connectivity index (χ4v) is 3.00. The highest BCUT2D eigenvalue weighted by Gasteiger charge is 2.23. The predicted molar refractivity (Wildman–Crippen MR) is 86.3 cm³/mol. The van der Waals surface area contributed by atoms with E-state index < -0.39 is 0 Å². The van der Waals surface area contributed by atoms with Gasteiger partial charge in [0.1, 0.15) is 0 Å². The van der Waals surface area contributed by atoms with Crippen LogP contribution in [0.15, 0.2) is 22.7 Å². The van der Waals surface area contributed by atoms with Crippen molar-refractivity contribution < 1.29 is 4.79 Å². The van der Waals surface area contributed by atoms with Gasteiger partial charge in [0.25, 0.3) is 5.91 Å². The highest BCUT2D eigenvalue weighted by atomic mass is 79.9. The van der Waals surface area contributed by atoms with Crippen LogP contribution < -0.4 is 5.32 Å². The van der Waals surface area contributed by atoms with Gasteiger partial charge >= 0.3 is 0 Å². The Hall–Kier alpha value is -0.580. The molecule has 3 nitrogen and oxygen atoms in total. The van der Waals surface area contributed by atoms with Crippen LogP contribution in [-0.4, -0.2) is 37.0 Å². The van der Waals surface area contributed by atoms with Gasteiger partial charge in [0.2, 0.25) is 0 Å². The third-order valence-electron chi connectivity index (χ3n) is 3.75. The second-order valence-corrected chi connectivity index (χ2v) is 6.43. The first-order valence-corrected chi connectivity index (χ1v) is 8.24. The van der Waals surface area contributed by atoms with Crippen LogP contribution >= 0.6 is 27.5 Å². The maximum atomic E-state index is 12.4. The van der Waals surface area contributed by atoms with E-state index >= 15 is 0 Å². The molecule has 0 atom stereocenters. The molecule has 0 aromatic heterocycles. The molecule has 1 fully saturated rings. The Balaban J connectivity index is 1.92. The summed E-state index contributed by atoms with van der Waals surface area (Å²) in [7, 11) is 0. The topological polar surface area (TPSA) is 32.3 Å². The standard InChI is InChI=1S/C15H20BrClN2O/c1-2-18-10-11-5-7-19(8-6-11)15(20)12-3-4-14(17)13(16)9-12/h3-4,9,11,18H,2,5-8,10H2,1H3. The Kier molecular flexibility index (Phi) is 5.87. The first-order valence-electron chi connectivity index (χ1n) is 7.07. The van der Waals surface area contributed by atoms with Crippen LogP contribution in [0.25, 0.3) is 0 Å². The van der Waals surface area contributed by atoms with Crippen molar-refractivity contribution in [3.8, 4) is 0 Å². The molecule has 1 amide bonds. The summed E-state index contributed by atoms with van der Waals surface area (Å²) in [5, 5.41) is 4.01. The van der Waals surface area contributed by atoms with Crippen LogP contribution in [0.4, 0.5) is 0 Å². The zero-order chi connectivity index (χ0) is 14.5. The Morgan fingerprint density at radius 3 is 2.75 bits per heavy atom. The van der Waals surface area contributed by atoms with E-state index in [2.05, 4.69) is 28.2 Å². The van der Waals surface area contributed by atoms with Crippen LogP contribution in [-0.2, 0) is 0 Å². The molecule has 0 saturated carbocycles. The van der Waals surface area contributed by atoms with Gasteiger partial charge in [-0.1, -0.05) is 18.5 Å². The maximum absolute atomic E-state index is 12.4. The van der Waals surface area contributed by atoms with Crippen molar-refractivity contribution >= 4 is 33.4 Å². The first-order chi connectivity index (χ1) is 9.61. The number of carbonyl (C=O) groups is 1. The largest absolute Gasteiger partial charge is 0.339 e. The van der Waals surface area contributed by atoms with Crippen molar-refractivity contribution in [2.24, 2.45) is 5.92 Å². The lowest BCUT2D eigenvalue weighted by Crippen LogP contribution is -2.40. The number of likely N-dealkylation sites (tertiary alicyclic amines) is 1. The van der Waals surface area contributed by atoms with Crippen LogP contribution in [0.1, 0.15) is 30.1 Å². The second kappa shape index (κ2) is 7.43. The minimum atomic E-state index is 0.101. The monoisotopic (exact) mass is 358 g/mol. The number of nitrogens with zero attached hydrogens (tertiary/aromatic N) is 1. The lowest BCUT2D eigenvalue weighted by Gasteiger charge is -2.32. The number of amides is 1. The predicted octanol–water partition coefficient (Wildman–Crippen LogP) is 3.56. The van der Waals surface area contributed by atoms with Gasteiger partial charge in [-0.2, -0.15) is 0 Å². The van der Waals surface area contributed by atoms with Crippen molar-refractivity contribution in [2.75, 3.05) is 26.2 Å². The summed E-state index contributed by atoms with van der Waals surface area (Å²) in [6.07, 6.45) is 2.15. The van der Waals surface area contributed by atoms with E-state index in [4.69, 9.17) is 11.6 Å². The van der Waals surface area contributed by atoms with Crippen molar-refractivity contribution in [2.45, 2.75) is 19.8 Å². The van der Waals surface area contributed by atoms with Crippen LogP contribution in [0.2, 0.25) is 5.02 Å². The molecular weight excluding hydrogens is 340 g/mol. The molecule has 1 aromatic rings. The summed E-state index contributed by atoms with van der Waals surface area (Å²) in [5.74, 6) is 0.792. The molecule has 0 bridgehead atoms. The number of piperidine rings is 1. The lowest BCUT2D eigenvalue weighted by molar-refractivity contribution is 0.0690. The Labute approximate surface area is 133 Å². The zero-order valence-corrected chi connectivity index (χ0v) is 14.0. The average Bonchev–Trinajstić information content (AvgIpc) is 2.48. The first kappa shape index (κ1) is 15.8. The number of halogens is 2. The number of hydrogen-bond acceptors (Lipinski definition) is 2. The molecule has 0 aliphatic carbocycles. The van der Waals surface area contributed by atoms with E-state index in [9.17, 15) is 4.79 Å². The van der Waals surface area contributed by atoms with E-state index in [0.29, 0.717) is 16.5 Å². The molecule has 0 spiro atoms. The van der Waals surface area contributed by atoms with Crippen molar-refractivity contribution in [1.82, 2.24) is 10.2 Å². The van der Waals surface area contributed by atoms with E-state index in [0.717, 1.165) is 43.5 Å². The molecule has 0 radical (unpaired) electrons. The number of nitrogens with one attached hydrogen (secondary N) is 1. The number of rotatable bonds is 4. The van der Waals surface area contributed by atoms with Crippen LogP contribution in [0.5, 0.6) is 0 Å². The summed E-state index contributed by atoms with van der Waals surface area (Å²) < 4.78 is 0.770. The smallest absolute Gasteiger partial charge is 0.253 e. The molecule has 0 unspecified atom stereocenters. The normalized spacial score (nSPS) is 16.4. The number of benzene rings is 1. The second-order valence-electron chi connectivity index (χ2n) is 5.17. The third kappa shape index (κ3) is 3.96. The Morgan fingerprint density at radius 1 is 1.45 bits per heavy atom. The van der Waals surface area contributed by atoms with Gasteiger partial charge in [-0.3, -0.25) is 4.79 Å². The van der Waals surface area contributed by atoms with Crippen molar-refractivity contribution in [1.29, 1.82) is 0 Å². The van der Waals surface area contributed by atoms with E-state index in [1.165, 1.54) is 0 Å². The quantitative estimate of drug-likeness (QED) is 0.891. The van der Waals surface area contributed by atoms with Gasteiger partial charge in [0, 0.05) is 23.1 Å². The highest BCUT2D eigenvalue weighted by Crippen LogP contribution is 2.25. The molecule has 2 rings (SSSR count). The fourth-order valence-electron chi connectivity index (χ4n) is 2.50. The fraction of sp³-hybridized carbons (Fsp3) is 0.533. The molecular formula is C15H20BrClN2O. The lowest BCUT2D eigenvalue weighted by atomic mass is 9.96. The van der Waals surface area contributed by atoms with Gasteiger partial charge in [-0.05, 0) is 66.0 Å². The number of hydrogen-bond donors (Lipinski definition) is 1. The summed E-state index contributed by atoms with van der Waals surface area (Å²) in [5.41, 5.74) is 0.700. The molecule has 20 heavy (non-hydrogen) atoms. The molecule has 1 aliphatic heterocycles. The van der Waals surface area contributed by atoms with Gasteiger partial charge in [0.05, 0.1) is 5.02 Å². The zero-order valence-electron chi connectivity index (χ0n) is 11.7. The molecule has 1 saturated heterocycles. The third-order valence-corrected chi connectivity index (χ3v) is 4.97. The van der Waals surface area contributed by atoms with Crippen molar-refractivity contribution in [3.63, 3.8) is 0 Å². The minimum absolute atomic E-state index is 0.101. The van der Waals surface area contributed by atoms with Gasteiger partial charge < -0.3 is 10.2 Å². The van der Waals surface area contributed by atoms with Gasteiger partial charge in [-0.25, -0.2) is 0 Å². The van der Waals surface area contributed by atoms with Gasteiger partial charge in [-0.15, -0.1) is 0 Å². The number of carbonyl (C=O) groups excluding carboxylic acids is 1. The van der Waals surface area contributed by atoms with Crippen molar-refractivity contribution in [3.05, 3.63) is 33.3 Å². The Morgan fingerprint density at radius 2 is 2.15 bits per heavy atom.